The molecule has 1 aromatic carbocycles. The van der Waals surface area contributed by atoms with Crippen molar-refractivity contribution in [2.24, 2.45) is 5.41 Å². The van der Waals surface area contributed by atoms with Crippen molar-refractivity contribution in [3.05, 3.63) is 35.4 Å². The van der Waals surface area contributed by atoms with Crippen molar-refractivity contribution in [1.82, 2.24) is 10.6 Å². The van der Waals surface area contributed by atoms with Crippen LogP contribution in [0.25, 0.3) is 0 Å². The van der Waals surface area contributed by atoms with Crippen molar-refractivity contribution in [2.45, 2.75) is 26.7 Å². The second-order valence-corrected chi connectivity index (χ2v) is 5.48. The number of carbonyl (C=O) groups is 1. The van der Waals surface area contributed by atoms with Crippen molar-refractivity contribution >= 4 is 18.3 Å². The van der Waals surface area contributed by atoms with Crippen LogP contribution in [0, 0.1) is 12.3 Å². The highest BCUT2D eigenvalue weighted by atomic mass is 35.5. The largest absolute Gasteiger partial charge is 0.355 e. The number of halogens is 1. The Morgan fingerprint density at radius 1 is 1.47 bits per heavy atom. The minimum atomic E-state index is -0.216. The molecule has 2 N–H and O–H groups in total. The summed E-state index contributed by atoms with van der Waals surface area (Å²) in [5, 5.41) is 6.30. The summed E-state index contributed by atoms with van der Waals surface area (Å²) in [6.45, 7) is 6.59. The fraction of sp³-hybridized carbons (Fsp3) is 0.533. The second-order valence-electron chi connectivity index (χ2n) is 5.48. The Morgan fingerprint density at radius 3 is 2.89 bits per heavy atom. The quantitative estimate of drug-likeness (QED) is 0.888. The lowest BCUT2D eigenvalue weighted by Crippen LogP contribution is -2.41. The van der Waals surface area contributed by atoms with E-state index in [9.17, 15) is 4.79 Å². The molecule has 1 saturated heterocycles. The van der Waals surface area contributed by atoms with Gasteiger partial charge in [0.25, 0.3) is 0 Å². The Balaban J connectivity index is 0.00000180. The molecule has 0 bridgehead atoms. The average Bonchev–Trinajstić information content (AvgIpc) is 2.77. The Morgan fingerprint density at radius 2 is 2.26 bits per heavy atom. The summed E-state index contributed by atoms with van der Waals surface area (Å²) < 4.78 is 0. The fourth-order valence-electron chi connectivity index (χ4n) is 2.41. The summed E-state index contributed by atoms with van der Waals surface area (Å²) in [4.78, 5) is 12.1. The van der Waals surface area contributed by atoms with E-state index in [1.54, 1.807) is 0 Å². The first-order valence-electron chi connectivity index (χ1n) is 6.65. The molecule has 0 radical (unpaired) electrons. The van der Waals surface area contributed by atoms with Crippen molar-refractivity contribution in [3.8, 4) is 0 Å². The minimum Gasteiger partial charge on any atom is -0.355 e. The molecule has 1 fully saturated rings. The third-order valence-corrected chi connectivity index (χ3v) is 3.70. The summed E-state index contributed by atoms with van der Waals surface area (Å²) in [6.07, 6.45) is 1.83. The first-order valence-corrected chi connectivity index (χ1v) is 6.65. The zero-order valence-electron chi connectivity index (χ0n) is 11.7. The van der Waals surface area contributed by atoms with Crippen LogP contribution < -0.4 is 10.6 Å². The molecule has 1 aliphatic rings. The molecule has 0 aromatic heterocycles. The second kappa shape index (κ2) is 6.92. The van der Waals surface area contributed by atoms with Crippen LogP contribution in [-0.2, 0) is 11.2 Å². The maximum atomic E-state index is 12.1. The number of nitrogens with one attached hydrogen (secondary N) is 2. The van der Waals surface area contributed by atoms with Crippen molar-refractivity contribution < 1.29 is 4.79 Å². The van der Waals surface area contributed by atoms with Crippen LogP contribution in [-0.4, -0.2) is 25.5 Å². The van der Waals surface area contributed by atoms with Gasteiger partial charge in [-0.05, 0) is 38.8 Å². The van der Waals surface area contributed by atoms with Gasteiger partial charge in [-0.15, -0.1) is 12.4 Å². The van der Waals surface area contributed by atoms with Gasteiger partial charge in [-0.25, -0.2) is 0 Å². The van der Waals surface area contributed by atoms with Crippen LogP contribution in [0.4, 0.5) is 0 Å². The number of benzene rings is 1. The molecule has 1 unspecified atom stereocenters. The van der Waals surface area contributed by atoms with Gasteiger partial charge in [0.15, 0.2) is 0 Å². The van der Waals surface area contributed by atoms with Gasteiger partial charge in [-0.2, -0.15) is 0 Å². The molecule has 19 heavy (non-hydrogen) atoms. The highest BCUT2D eigenvalue weighted by Gasteiger charge is 2.35. The minimum absolute atomic E-state index is 0. The summed E-state index contributed by atoms with van der Waals surface area (Å²) in [5.41, 5.74) is 2.34. The molecule has 4 heteroatoms. The van der Waals surface area contributed by atoms with Crippen LogP contribution in [0.15, 0.2) is 24.3 Å². The molecule has 0 saturated carbocycles. The van der Waals surface area contributed by atoms with Crippen LogP contribution in [0.2, 0.25) is 0 Å². The SMILES string of the molecule is Cc1cccc(CCNC(=O)C2(C)CCNC2)c1.Cl. The van der Waals surface area contributed by atoms with E-state index in [2.05, 4.69) is 41.8 Å². The maximum absolute atomic E-state index is 12.1. The maximum Gasteiger partial charge on any atom is 0.227 e. The number of aryl methyl sites for hydroxylation is 1. The summed E-state index contributed by atoms with van der Waals surface area (Å²) in [6, 6.07) is 8.44. The molecule has 1 atom stereocenters. The van der Waals surface area contributed by atoms with E-state index in [0.717, 1.165) is 32.5 Å². The highest BCUT2D eigenvalue weighted by Crippen LogP contribution is 2.24. The monoisotopic (exact) mass is 282 g/mol. The Bertz CT molecular complexity index is 428. The van der Waals surface area contributed by atoms with Gasteiger partial charge >= 0.3 is 0 Å². The molecular weight excluding hydrogens is 260 g/mol. The molecule has 1 heterocycles. The van der Waals surface area contributed by atoms with Gasteiger partial charge in [0.2, 0.25) is 5.91 Å². The molecule has 106 valence electrons. The first kappa shape index (κ1) is 16.0. The molecule has 0 spiro atoms. The summed E-state index contributed by atoms with van der Waals surface area (Å²) >= 11 is 0. The average molecular weight is 283 g/mol. The zero-order chi connectivity index (χ0) is 13.0. The zero-order valence-corrected chi connectivity index (χ0v) is 12.5. The summed E-state index contributed by atoms with van der Waals surface area (Å²) in [5.74, 6) is 0.181. The number of rotatable bonds is 4. The van der Waals surface area contributed by atoms with Crippen molar-refractivity contribution in [2.75, 3.05) is 19.6 Å². The third kappa shape index (κ3) is 4.22. The predicted molar refractivity (Wildman–Crippen MR) is 80.7 cm³/mol. The lowest BCUT2D eigenvalue weighted by Gasteiger charge is -2.21. The van der Waals surface area contributed by atoms with E-state index < -0.39 is 0 Å². The van der Waals surface area contributed by atoms with E-state index in [4.69, 9.17) is 0 Å². The van der Waals surface area contributed by atoms with Gasteiger partial charge in [-0.1, -0.05) is 29.8 Å². The number of carbonyl (C=O) groups excluding carboxylic acids is 1. The molecule has 1 amide bonds. The predicted octanol–water partition coefficient (Wildman–Crippen LogP) is 2.08. The van der Waals surface area contributed by atoms with Crippen molar-refractivity contribution in [1.29, 1.82) is 0 Å². The number of hydrogen-bond acceptors (Lipinski definition) is 2. The third-order valence-electron chi connectivity index (χ3n) is 3.70. The summed E-state index contributed by atoms with van der Waals surface area (Å²) in [7, 11) is 0. The van der Waals surface area contributed by atoms with Crippen LogP contribution >= 0.6 is 12.4 Å². The number of amides is 1. The van der Waals surface area contributed by atoms with Crippen LogP contribution in [0.3, 0.4) is 0 Å². The van der Waals surface area contributed by atoms with Gasteiger partial charge in [0, 0.05) is 13.1 Å². The molecule has 1 aromatic rings. The Hall–Kier alpha value is -1.06. The van der Waals surface area contributed by atoms with Gasteiger partial charge in [0.1, 0.15) is 0 Å². The normalized spacial score (nSPS) is 21.8. The lowest BCUT2D eigenvalue weighted by molar-refractivity contribution is -0.129. The smallest absolute Gasteiger partial charge is 0.227 e. The Labute approximate surface area is 121 Å². The fourth-order valence-corrected chi connectivity index (χ4v) is 2.41. The molecular formula is C15H23ClN2O. The van der Waals surface area contributed by atoms with Crippen LogP contribution in [0.5, 0.6) is 0 Å². The number of hydrogen-bond donors (Lipinski definition) is 2. The molecule has 1 aliphatic heterocycles. The molecule has 3 nitrogen and oxygen atoms in total. The standard InChI is InChI=1S/C15H22N2O.ClH/c1-12-4-3-5-13(10-12)6-8-17-14(18)15(2)7-9-16-11-15;/h3-5,10,16H,6-9,11H2,1-2H3,(H,17,18);1H. The van der Waals surface area contributed by atoms with E-state index in [-0.39, 0.29) is 23.7 Å². The molecule has 2 rings (SSSR count). The van der Waals surface area contributed by atoms with Crippen LogP contribution in [0.1, 0.15) is 24.5 Å². The lowest BCUT2D eigenvalue weighted by atomic mass is 9.89. The molecule has 0 aliphatic carbocycles. The first-order chi connectivity index (χ1) is 8.60. The van der Waals surface area contributed by atoms with Gasteiger partial charge in [-0.3, -0.25) is 4.79 Å². The topological polar surface area (TPSA) is 41.1 Å². The Kier molecular flexibility index (Phi) is 5.83. The highest BCUT2D eigenvalue weighted by molar-refractivity contribution is 5.85. The van der Waals surface area contributed by atoms with Gasteiger partial charge in [0.05, 0.1) is 5.41 Å². The van der Waals surface area contributed by atoms with Gasteiger partial charge < -0.3 is 10.6 Å². The van der Waals surface area contributed by atoms with E-state index in [1.807, 2.05) is 6.92 Å². The van der Waals surface area contributed by atoms with Crippen molar-refractivity contribution in [3.63, 3.8) is 0 Å². The van der Waals surface area contributed by atoms with E-state index >= 15 is 0 Å². The van der Waals surface area contributed by atoms with E-state index in [1.165, 1.54) is 11.1 Å². The van der Waals surface area contributed by atoms with E-state index in [0.29, 0.717) is 0 Å².